The van der Waals surface area contributed by atoms with E-state index in [4.69, 9.17) is 37.9 Å². The number of hydrogen-bond donors (Lipinski definition) is 4. The molecule has 6 rings (SSSR count). The number of carbonyl (C=O) groups is 3. The Hall–Kier alpha value is -4.43. The van der Waals surface area contributed by atoms with Crippen LogP contribution in [-0.4, -0.2) is 189 Å². The van der Waals surface area contributed by atoms with Crippen LogP contribution >= 0.6 is 11.5 Å². The van der Waals surface area contributed by atoms with E-state index >= 15 is 0 Å². The summed E-state index contributed by atoms with van der Waals surface area (Å²) in [4.78, 5) is 42.8. The van der Waals surface area contributed by atoms with Gasteiger partial charge in [-0.2, -0.15) is 0 Å². The number of likely N-dealkylation sites (N-methyl/N-ethyl adjacent to an activating group) is 1. The SMILES string of the molecule is CC[C@H]1OC(=O)C[C@@H](O)[C@H](C)[C@@H](OC2OC(C)C(O)C(N(C)CCc3cn(CCCOc4ccc(-c5cnns5)cc4)nn3)C2O)[C@@H](CC=O)C[C@@H](C)C(=O)C=CC(C)=C[C@@H]1COC1OC(C)C(O)C(OC)C1OC. The van der Waals surface area contributed by atoms with Gasteiger partial charge in [-0.3, -0.25) is 19.2 Å². The molecule has 2 aromatic heterocycles. The summed E-state index contributed by atoms with van der Waals surface area (Å²) >= 11 is 1.33. The fraction of sp³-hybridized carbons (Fsp3) is 0.679. The summed E-state index contributed by atoms with van der Waals surface area (Å²) < 4.78 is 53.9. The molecule has 3 aromatic rings. The van der Waals surface area contributed by atoms with Crippen LogP contribution in [0.1, 0.15) is 79.3 Å². The largest absolute Gasteiger partial charge is 0.494 e. The number of methoxy groups -OCH3 is 2. The van der Waals surface area contributed by atoms with Crippen molar-refractivity contribution < 1.29 is 72.7 Å². The molecular formula is C53H78N6O15S. The maximum atomic E-state index is 13.8. The molecule has 0 saturated carbocycles. The van der Waals surface area contributed by atoms with Gasteiger partial charge in [-0.25, -0.2) is 0 Å². The molecule has 4 N–H and O–H groups in total. The third-order valence-electron chi connectivity index (χ3n) is 14.6. The van der Waals surface area contributed by atoms with E-state index in [0.29, 0.717) is 50.2 Å². The quantitative estimate of drug-likeness (QED) is 0.0713. The summed E-state index contributed by atoms with van der Waals surface area (Å²) in [5, 5.41) is 58.6. The average Bonchev–Trinajstić information content (AvgIpc) is 4.11. The first kappa shape index (κ1) is 59.8. The van der Waals surface area contributed by atoms with Crippen molar-refractivity contribution in [1.29, 1.82) is 0 Å². The van der Waals surface area contributed by atoms with E-state index in [-0.39, 0.29) is 25.2 Å². The number of aliphatic hydroxyl groups is 4. The number of esters is 1. The number of carbonyl (C=O) groups excluding carboxylic acids is 3. The van der Waals surface area contributed by atoms with E-state index < -0.39 is 116 Å². The summed E-state index contributed by atoms with van der Waals surface area (Å²) in [6.45, 7) is 11.9. The van der Waals surface area contributed by atoms with E-state index in [2.05, 4.69) is 19.9 Å². The molecular weight excluding hydrogens is 993 g/mol. The molecule has 0 aliphatic carbocycles. The molecule has 22 heteroatoms. The Balaban J connectivity index is 1.11. The molecule has 5 heterocycles. The predicted molar refractivity (Wildman–Crippen MR) is 274 cm³/mol. The van der Waals surface area contributed by atoms with Gasteiger partial charge >= 0.3 is 5.97 Å². The first-order valence-electron chi connectivity index (χ1n) is 26.0. The zero-order valence-electron chi connectivity index (χ0n) is 44.5. The number of aryl methyl sites for hydroxylation is 1. The number of aromatic nitrogens is 5. The Labute approximate surface area is 443 Å². The molecule has 0 spiro atoms. The molecule has 416 valence electrons. The molecule has 2 fully saturated rings. The molecule has 3 aliphatic heterocycles. The molecule has 17 atom stereocenters. The van der Waals surface area contributed by atoms with Crippen molar-refractivity contribution in [2.45, 2.75) is 166 Å². The highest BCUT2D eigenvalue weighted by atomic mass is 32.1. The summed E-state index contributed by atoms with van der Waals surface area (Å²) in [6.07, 6.45) is -1.50. The summed E-state index contributed by atoms with van der Waals surface area (Å²) in [5.41, 5.74) is 2.42. The number of nitrogens with zero attached hydrogens (tertiary/aromatic N) is 6. The topological polar surface area (TPSA) is 266 Å². The van der Waals surface area contributed by atoms with E-state index in [1.54, 1.807) is 51.7 Å². The van der Waals surface area contributed by atoms with Crippen molar-refractivity contribution in [3.05, 3.63) is 66.2 Å². The zero-order chi connectivity index (χ0) is 54.3. The Morgan fingerprint density at radius 1 is 0.933 bits per heavy atom. The van der Waals surface area contributed by atoms with Gasteiger partial charge in [0, 0.05) is 70.5 Å². The number of aliphatic hydroxyl groups excluding tert-OH is 4. The number of rotatable bonds is 20. The smallest absolute Gasteiger partial charge is 0.308 e. The fourth-order valence-electron chi connectivity index (χ4n) is 10.1. The van der Waals surface area contributed by atoms with Crippen LogP contribution in [-0.2, 0) is 60.5 Å². The normalized spacial score (nSPS) is 33.5. The Bertz CT molecular complexity index is 2290. The molecule has 0 bridgehead atoms. The van der Waals surface area contributed by atoms with Crippen LogP contribution in [0.4, 0.5) is 0 Å². The monoisotopic (exact) mass is 1070 g/mol. The average molecular weight is 1070 g/mol. The predicted octanol–water partition coefficient (Wildman–Crippen LogP) is 3.75. The van der Waals surface area contributed by atoms with E-state index in [9.17, 15) is 34.8 Å². The number of ether oxygens (including phenoxy) is 8. The lowest BCUT2D eigenvalue weighted by molar-refractivity contribution is -0.305. The minimum absolute atomic E-state index is 0.00996. The zero-order valence-corrected chi connectivity index (χ0v) is 45.3. The molecule has 0 radical (unpaired) electrons. The Kier molecular flexibility index (Phi) is 23.0. The Morgan fingerprint density at radius 3 is 2.33 bits per heavy atom. The number of allylic oxidation sites excluding steroid dienone is 3. The Morgan fingerprint density at radius 2 is 1.65 bits per heavy atom. The highest BCUT2D eigenvalue weighted by Gasteiger charge is 2.48. The molecule has 0 amide bonds. The second kappa shape index (κ2) is 28.8. The number of aldehydes is 1. The summed E-state index contributed by atoms with van der Waals surface area (Å²) in [7, 11) is 4.70. The number of ketones is 1. The van der Waals surface area contributed by atoms with Crippen LogP contribution in [0.15, 0.2) is 60.5 Å². The molecule has 21 nitrogen and oxygen atoms in total. The van der Waals surface area contributed by atoms with Crippen molar-refractivity contribution in [3.8, 4) is 16.2 Å². The first-order chi connectivity index (χ1) is 36.0. The van der Waals surface area contributed by atoms with Gasteiger partial charge in [0.25, 0.3) is 0 Å². The van der Waals surface area contributed by atoms with Crippen molar-refractivity contribution >= 4 is 29.6 Å². The molecule has 3 aliphatic rings. The summed E-state index contributed by atoms with van der Waals surface area (Å²) in [5.74, 6) is -2.87. The van der Waals surface area contributed by atoms with Crippen LogP contribution in [0.5, 0.6) is 5.75 Å². The van der Waals surface area contributed by atoms with Gasteiger partial charge in [0.15, 0.2) is 18.4 Å². The highest BCUT2D eigenvalue weighted by Crippen LogP contribution is 2.35. The second-order valence-electron chi connectivity index (χ2n) is 20.1. The van der Waals surface area contributed by atoms with Crippen molar-refractivity contribution in [1.82, 2.24) is 29.5 Å². The summed E-state index contributed by atoms with van der Waals surface area (Å²) in [6, 6.07) is 6.89. The molecule has 1 aromatic carbocycles. The highest BCUT2D eigenvalue weighted by molar-refractivity contribution is 7.09. The van der Waals surface area contributed by atoms with Crippen LogP contribution in [0.3, 0.4) is 0 Å². The standard InChI is InChI=1S/C53H78N6O15S/c1-10-42-37(29-70-53-51(68-9)50(67-8)47(65)34(6)72-53)24-30(2)12-17-40(61)31(3)25-36(19-22-60)49(32(4)41(62)26-44(63)73-42)74-52-48(66)45(46(64)33(5)71-52)58(7)21-18-38-28-59(56-55-38)20-11-23-69-39-15-13-35(14-16-39)43-27-54-57-75-43/h12-17,22,24,27-28,31-34,36-37,41-42,45-53,62,64-66H,10-11,18-21,23,25-26,29H2,1-9H3/t31-,32+,33?,34?,36+,37-,41-,42-,45?,46?,47?,48?,49-,50?,51?,52?,53?/m1/s1. The maximum Gasteiger partial charge on any atom is 0.308 e. The molecule has 10 unspecified atom stereocenters. The van der Waals surface area contributed by atoms with Gasteiger partial charge < -0.3 is 63.1 Å². The fourth-order valence-corrected chi connectivity index (χ4v) is 10.6. The van der Waals surface area contributed by atoms with Gasteiger partial charge in [-0.15, -0.1) is 10.2 Å². The van der Waals surface area contributed by atoms with Gasteiger partial charge in [0.2, 0.25) is 0 Å². The molecule has 75 heavy (non-hydrogen) atoms. The lowest BCUT2D eigenvalue weighted by Gasteiger charge is -2.47. The van der Waals surface area contributed by atoms with Gasteiger partial charge in [-0.1, -0.05) is 48.2 Å². The maximum absolute atomic E-state index is 13.8. The van der Waals surface area contributed by atoms with Crippen molar-refractivity contribution in [2.24, 2.45) is 23.7 Å². The number of hydrogen-bond acceptors (Lipinski definition) is 21. The van der Waals surface area contributed by atoms with Crippen molar-refractivity contribution in [3.63, 3.8) is 0 Å². The first-order valence-corrected chi connectivity index (χ1v) is 26.7. The lowest BCUT2D eigenvalue weighted by Crippen LogP contribution is -2.64. The van der Waals surface area contributed by atoms with E-state index in [0.717, 1.165) is 22.5 Å². The van der Waals surface area contributed by atoms with Gasteiger partial charge in [0.1, 0.15) is 42.6 Å². The third-order valence-corrected chi connectivity index (χ3v) is 15.3. The molecule has 2 saturated heterocycles. The minimum atomic E-state index is -1.42. The lowest BCUT2D eigenvalue weighted by atomic mass is 9.79. The van der Waals surface area contributed by atoms with E-state index in [1.807, 2.05) is 55.3 Å². The van der Waals surface area contributed by atoms with Crippen LogP contribution in [0.25, 0.3) is 10.4 Å². The minimum Gasteiger partial charge on any atom is -0.494 e. The third kappa shape index (κ3) is 16.1. The van der Waals surface area contributed by atoms with Gasteiger partial charge in [0.05, 0.1) is 73.0 Å². The van der Waals surface area contributed by atoms with E-state index in [1.165, 1.54) is 31.8 Å². The van der Waals surface area contributed by atoms with Gasteiger partial charge in [-0.05, 0) is 94.0 Å². The number of benzene rings is 1. The van der Waals surface area contributed by atoms with Crippen LogP contribution in [0, 0.1) is 23.7 Å². The van der Waals surface area contributed by atoms with Crippen LogP contribution in [0.2, 0.25) is 0 Å². The van der Waals surface area contributed by atoms with Crippen LogP contribution < -0.4 is 4.74 Å². The second-order valence-corrected chi connectivity index (χ2v) is 20.9. The van der Waals surface area contributed by atoms with Crippen molar-refractivity contribution in [2.75, 3.05) is 41.0 Å². The number of cyclic esters (lactones) is 1.